The first-order valence-electron chi connectivity index (χ1n) is 5.59. The van der Waals surface area contributed by atoms with Crippen LogP contribution in [0.4, 0.5) is 8.78 Å². The third-order valence-electron chi connectivity index (χ3n) is 3.14. The number of rotatable bonds is 3. The summed E-state index contributed by atoms with van der Waals surface area (Å²) >= 11 is 0. The van der Waals surface area contributed by atoms with Crippen LogP contribution in [0.5, 0.6) is 11.5 Å². The zero-order chi connectivity index (χ0) is 12.9. The van der Waals surface area contributed by atoms with Crippen LogP contribution in [0.1, 0.15) is 24.3 Å². The summed E-state index contributed by atoms with van der Waals surface area (Å²) in [6.45, 7) is 0. The third-order valence-corrected chi connectivity index (χ3v) is 3.14. The number of carboxylic acid groups (broad SMARTS) is 1. The van der Waals surface area contributed by atoms with Crippen molar-refractivity contribution in [3.05, 3.63) is 23.8 Å². The van der Waals surface area contributed by atoms with Gasteiger partial charge in [0.2, 0.25) is 0 Å². The predicted octanol–water partition coefficient (Wildman–Crippen LogP) is 2.59. The van der Waals surface area contributed by atoms with Crippen molar-refractivity contribution in [2.45, 2.75) is 25.1 Å². The Kier molecular flexibility index (Phi) is 2.23. The molecule has 3 rings (SSSR count). The molecule has 1 unspecified atom stereocenters. The lowest BCUT2D eigenvalue weighted by atomic mass is 9.94. The number of halogens is 2. The summed E-state index contributed by atoms with van der Waals surface area (Å²) in [7, 11) is 0. The van der Waals surface area contributed by atoms with Gasteiger partial charge in [0.1, 0.15) is 0 Å². The van der Waals surface area contributed by atoms with Crippen molar-refractivity contribution >= 4 is 5.97 Å². The first-order valence-corrected chi connectivity index (χ1v) is 5.59. The van der Waals surface area contributed by atoms with Crippen molar-refractivity contribution in [2.75, 3.05) is 0 Å². The highest BCUT2D eigenvalue weighted by Gasteiger charge is 2.44. The van der Waals surface area contributed by atoms with E-state index >= 15 is 0 Å². The number of benzene rings is 1. The van der Waals surface area contributed by atoms with E-state index in [4.69, 9.17) is 5.11 Å². The molecule has 6 heteroatoms. The molecular weight excluding hydrogens is 246 g/mol. The maximum absolute atomic E-state index is 12.8. The third kappa shape index (κ3) is 1.87. The van der Waals surface area contributed by atoms with Gasteiger partial charge in [-0.25, -0.2) is 0 Å². The number of carboxylic acids is 1. The van der Waals surface area contributed by atoms with Crippen LogP contribution in [-0.2, 0) is 4.79 Å². The van der Waals surface area contributed by atoms with Gasteiger partial charge in [0.25, 0.3) is 0 Å². The van der Waals surface area contributed by atoms with Crippen LogP contribution in [-0.4, -0.2) is 17.4 Å². The normalized spacial score (nSPS) is 21.7. The van der Waals surface area contributed by atoms with E-state index in [9.17, 15) is 13.6 Å². The van der Waals surface area contributed by atoms with Crippen LogP contribution in [0.3, 0.4) is 0 Å². The SMILES string of the molecule is O=C(O)C(c1ccc2c(c1)OC(F)(F)O2)C1CC1. The molecule has 0 amide bonds. The molecule has 18 heavy (non-hydrogen) atoms. The molecule has 1 fully saturated rings. The summed E-state index contributed by atoms with van der Waals surface area (Å²) in [5, 5.41) is 9.17. The highest BCUT2D eigenvalue weighted by Crippen LogP contribution is 2.47. The number of alkyl halides is 2. The van der Waals surface area contributed by atoms with Gasteiger partial charge < -0.3 is 14.6 Å². The molecule has 0 bridgehead atoms. The van der Waals surface area contributed by atoms with Crippen molar-refractivity contribution in [1.29, 1.82) is 0 Å². The van der Waals surface area contributed by atoms with Gasteiger partial charge in [-0.3, -0.25) is 4.79 Å². The minimum absolute atomic E-state index is 0.0660. The first-order chi connectivity index (χ1) is 8.46. The zero-order valence-electron chi connectivity index (χ0n) is 9.23. The van der Waals surface area contributed by atoms with E-state index in [0.717, 1.165) is 12.8 Å². The molecule has 4 nitrogen and oxygen atoms in total. The summed E-state index contributed by atoms with van der Waals surface area (Å²) in [4.78, 5) is 11.2. The molecule has 0 saturated heterocycles. The molecule has 1 aromatic carbocycles. The molecule has 96 valence electrons. The van der Waals surface area contributed by atoms with Crippen LogP contribution >= 0.6 is 0 Å². The fraction of sp³-hybridized carbons (Fsp3) is 0.417. The predicted molar refractivity (Wildman–Crippen MR) is 55.7 cm³/mol. The Balaban J connectivity index is 1.93. The Hall–Kier alpha value is -1.85. The largest absolute Gasteiger partial charge is 0.586 e. The van der Waals surface area contributed by atoms with Gasteiger partial charge in [-0.1, -0.05) is 6.07 Å². The standard InChI is InChI=1S/C12H10F2O4/c13-12(14)17-8-4-3-7(5-9(8)18-12)10(11(15)16)6-1-2-6/h3-6,10H,1-2H2,(H,15,16). The molecule has 1 atom stereocenters. The number of hydrogen-bond acceptors (Lipinski definition) is 3. The summed E-state index contributed by atoms with van der Waals surface area (Å²) in [6, 6.07) is 4.15. The van der Waals surface area contributed by atoms with Crippen LogP contribution in [0.2, 0.25) is 0 Å². The average Bonchev–Trinajstić information content (AvgIpc) is 3.00. The fourth-order valence-electron chi connectivity index (χ4n) is 2.20. The van der Waals surface area contributed by atoms with E-state index < -0.39 is 18.2 Å². The number of fused-ring (bicyclic) bond motifs is 1. The smallest absolute Gasteiger partial charge is 0.481 e. The summed E-state index contributed by atoms with van der Waals surface area (Å²) in [6.07, 6.45) is -1.97. The van der Waals surface area contributed by atoms with Gasteiger partial charge >= 0.3 is 12.3 Å². The molecule has 0 radical (unpaired) electrons. The van der Waals surface area contributed by atoms with Crippen molar-refractivity contribution in [3.63, 3.8) is 0 Å². The molecule has 1 saturated carbocycles. The molecule has 0 aromatic heterocycles. The zero-order valence-corrected chi connectivity index (χ0v) is 9.23. The lowest BCUT2D eigenvalue weighted by Gasteiger charge is -2.11. The van der Waals surface area contributed by atoms with Gasteiger partial charge in [-0.15, -0.1) is 8.78 Å². The molecule has 1 heterocycles. The van der Waals surface area contributed by atoms with Crippen molar-refractivity contribution in [1.82, 2.24) is 0 Å². The molecule has 1 N–H and O–H groups in total. The lowest BCUT2D eigenvalue weighted by Crippen LogP contribution is -2.25. The van der Waals surface area contributed by atoms with Crippen LogP contribution in [0.15, 0.2) is 18.2 Å². The minimum Gasteiger partial charge on any atom is -0.481 e. The molecule has 2 aliphatic rings. The van der Waals surface area contributed by atoms with Gasteiger partial charge in [-0.05, 0) is 36.5 Å². The van der Waals surface area contributed by atoms with E-state index in [1.54, 1.807) is 0 Å². The molecule has 1 aromatic rings. The average molecular weight is 256 g/mol. The van der Waals surface area contributed by atoms with E-state index in [1.807, 2.05) is 0 Å². The lowest BCUT2D eigenvalue weighted by molar-refractivity contribution is -0.286. The van der Waals surface area contributed by atoms with E-state index in [-0.39, 0.29) is 17.4 Å². The molecule has 1 aliphatic carbocycles. The van der Waals surface area contributed by atoms with E-state index in [0.29, 0.717) is 5.56 Å². The van der Waals surface area contributed by atoms with Gasteiger partial charge in [0, 0.05) is 0 Å². The highest BCUT2D eigenvalue weighted by molar-refractivity contribution is 5.77. The number of hydrogen-bond donors (Lipinski definition) is 1. The summed E-state index contributed by atoms with van der Waals surface area (Å²) in [5.74, 6) is -1.69. The van der Waals surface area contributed by atoms with Gasteiger partial charge in [0.05, 0.1) is 5.92 Å². The summed E-state index contributed by atoms with van der Waals surface area (Å²) in [5.41, 5.74) is 0.477. The quantitative estimate of drug-likeness (QED) is 0.903. The molecule has 0 spiro atoms. The fourth-order valence-corrected chi connectivity index (χ4v) is 2.20. The first kappa shape index (κ1) is 11.3. The van der Waals surface area contributed by atoms with Gasteiger partial charge in [-0.2, -0.15) is 0 Å². The van der Waals surface area contributed by atoms with E-state index in [1.165, 1.54) is 18.2 Å². The Morgan fingerprint density at radius 3 is 2.61 bits per heavy atom. The Labute approximate surface area is 101 Å². The van der Waals surface area contributed by atoms with Gasteiger partial charge in [0.15, 0.2) is 11.5 Å². The van der Waals surface area contributed by atoms with Crippen LogP contribution < -0.4 is 9.47 Å². The molecular formula is C12H10F2O4. The monoisotopic (exact) mass is 256 g/mol. The second-order valence-electron chi connectivity index (χ2n) is 4.53. The summed E-state index contributed by atoms with van der Waals surface area (Å²) < 4.78 is 34.3. The van der Waals surface area contributed by atoms with Crippen LogP contribution in [0.25, 0.3) is 0 Å². The number of ether oxygens (including phenoxy) is 2. The second kappa shape index (κ2) is 3.57. The second-order valence-corrected chi connectivity index (χ2v) is 4.53. The van der Waals surface area contributed by atoms with Crippen molar-refractivity contribution in [2.24, 2.45) is 5.92 Å². The Morgan fingerprint density at radius 1 is 1.33 bits per heavy atom. The van der Waals surface area contributed by atoms with Crippen molar-refractivity contribution < 1.29 is 28.2 Å². The topological polar surface area (TPSA) is 55.8 Å². The minimum atomic E-state index is -3.67. The number of carbonyl (C=O) groups is 1. The number of aliphatic carboxylic acids is 1. The Morgan fingerprint density at radius 2 is 2.00 bits per heavy atom. The van der Waals surface area contributed by atoms with E-state index in [2.05, 4.69) is 9.47 Å². The highest BCUT2D eigenvalue weighted by atomic mass is 19.3. The Bertz CT molecular complexity index is 511. The van der Waals surface area contributed by atoms with Crippen LogP contribution in [0, 0.1) is 5.92 Å². The molecule has 1 aliphatic heterocycles. The maximum atomic E-state index is 12.8. The van der Waals surface area contributed by atoms with Crippen molar-refractivity contribution in [3.8, 4) is 11.5 Å². The maximum Gasteiger partial charge on any atom is 0.586 e.